The topological polar surface area (TPSA) is 33.7 Å². The third kappa shape index (κ3) is 6.34. The van der Waals surface area contributed by atoms with E-state index in [2.05, 4.69) is 71.4 Å². The van der Waals surface area contributed by atoms with E-state index in [4.69, 9.17) is 9.47 Å². The molecule has 0 aromatic heterocycles. The Bertz CT molecular complexity index is 672. The van der Waals surface area contributed by atoms with Crippen LogP contribution in [0.4, 0.5) is 0 Å². The predicted octanol–water partition coefficient (Wildman–Crippen LogP) is 4.00. The van der Waals surface area contributed by atoms with Gasteiger partial charge in [-0.3, -0.25) is 0 Å². The molecule has 0 radical (unpaired) electrons. The number of methoxy groups -OCH3 is 1. The van der Waals surface area contributed by atoms with Crippen molar-refractivity contribution in [3.63, 3.8) is 0 Å². The van der Waals surface area contributed by atoms with Crippen LogP contribution in [0.15, 0.2) is 40.9 Å². The van der Waals surface area contributed by atoms with E-state index in [1.54, 1.807) is 7.11 Å². The standard InChI is InChI=1S/C20H27BrN2O2/c1-15-5-7-16(8-6-15)14-25-20-12-18(21)17(11-19(20)24-4)13-22-9-10-23(2)3/h5-8,11-12,22H,9-10,13-14H2,1-4H3. The molecule has 0 fully saturated rings. The molecule has 0 saturated carbocycles. The Hall–Kier alpha value is -1.56. The molecule has 0 unspecified atom stereocenters. The number of nitrogens with one attached hydrogen (secondary N) is 1. The second kappa shape index (κ2) is 9.80. The van der Waals surface area contributed by atoms with Crippen LogP contribution < -0.4 is 14.8 Å². The first kappa shape index (κ1) is 19.8. The summed E-state index contributed by atoms with van der Waals surface area (Å²) in [5, 5.41) is 3.44. The van der Waals surface area contributed by atoms with Crippen LogP contribution in [0, 0.1) is 6.92 Å². The first-order valence-corrected chi connectivity index (χ1v) is 9.19. The average molecular weight is 407 g/mol. The summed E-state index contributed by atoms with van der Waals surface area (Å²) in [4.78, 5) is 2.16. The van der Waals surface area contributed by atoms with Crippen molar-refractivity contribution in [3.8, 4) is 11.5 Å². The van der Waals surface area contributed by atoms with Crippen molar-refractivity contribution in [2.24, 2.45) is 0 Å². The van der Waals surface area contributed by atoms with E-state index in [1.165, 1.54) is 5.56 Å². The second-order valence-corrected chi connectivity index (χ2v) is 7.20. The van der Waals surface area contributed by atoms with E-state index in [0.717, 1.165) is 46.7 Å². The second-order valence-electron chi connectivity index (χ2n) is 6.35. The van der Waals surface area contributed by atoms with Gasteiger partial charge in [0, 0.05) is 24.1 Å². The molecule has 0 spiro atoms. The maximum atomic E-state index is 5.96. The number of hydrogen-bond acceptors (Lipinski definition) is 4. The molecule has 2 rings (SSSR count). The number of aryl methyl sites for hydroxylation is 1. The minimum Gasteiger partial charge on any atom is -0.493 e. The largest absolute Gasteiger partial charge is 0.493 e. The van der Waals surface area contributed by atoms with Gasteiger partial charge in [-0.15, -0.1) is 0 Å². The Morgan fingerprint density at radius 2 is 1.80 bits per heavy atom. The van der Waals surface area contributed by atoms with Gasteiger partial charge < -0.3 is 19.7 Å². The van der Waals surface area contributed by atoms with E-state index in [9.17, 15) is 0 Å². The third-order valence-electron chi connectivity index (χ3n) is 3.90. The van der Waals surface area contributed by atoms with E-state index in [1.807, 2.05) is 12.1 Å². The van der Waals surface area contributed by atoms with Crippen LogP contribution >= 0.6 is 15.9 Å². The number of rotatable bonds is 9. The van der Waals surface area contributed by atoms with Gasteiger partial charge in [-0.1, -0.05) is 45.8 Å². The summed E-state index contributed by atoms with van der Waals surface area (Å²) in [6.07, 6.45) is 0. The Labute approximate surface area is 159 Å². The molecule has 0 saturated heterocycles. The zero-order valence-corrected chi connectivity index (χ0v) is 17.0. The lowest BCUT2D eigenvalue weighted by atomic mass is 10.1. The summed E-state index contributed by atoms with van der Waals surface area (Å²) in [5.41, 5.74) is 3.53. The Kier molecular flexibility index (Phi) is 7.75. The van der Waals surface area contributed by atoms with E-state index in [-0.39, 0.29) is 0 Å². The van der Waals surface area contributed by atoms with Crippen molar-refractivity contribution in [1.82, 2.24) is 10.2 Å². The molecule has 0 aliphatic rings. The number of hydrogen-bond donors (Lipinski definition) is 1. The third-order valence-corrected chi connectivity index (χ3v) is 4.64. The summed E-state index contributed by atoms with van der Waals surface area (Å²) < 4.78 is 12.5. The predicted molar refractivity (Wildman–Crippen MR) is 106 cm³/mol. The van der Waals surface area contributed by atoms with E-state index >= 15 is 0 Å². The van der Waals surface area contributed by atoms with Gasteiger partial charge in [-0.2, -0.15) is 0 Å². The Balaban J connectivity index is 2.01. The lowest BCUT2D eigenvalue weighted by Crippen LogP contribution is -2.26. The fourth-order valence-corrected chi connectivity index (χ4v) is 2.82. The molecule has 0 aliphatic carbocycles. The molecule has 0 heterocycles. The summed E-state index contributed by atoms with van der Waals surface area (Å²) >= 11 is 3.64. The van der Waals surface area contributed by atoms with Crippen LogP contribution in [0.3, 0.4) is 0 Å². The molecule has 0 amide bonds. The van der Waals surface area contributed by atoms with Gasteiger partial charge in [0.1, 0.15) is 6.61 Å². The number of likely N-dealkylation sites (N-methyl/N-ethyl adjacent to an activating group) is 1. The van der Waals surface area contributed by atoms with E-state index in [0.29, 0.717) is 6.61 Å². The molecular weight excluding hydrogens is 380 g/mol. The molecular formula is C20H27BrN2O2. The van der Waals surface area contributed by atoms with Gasteiger partial charge in [0.05, 0.1) is 7.11 Å². The zero-order valence-electron chi connectivity index (χ0n) is 15.4. The first-order chi connectivity index (χ1) is 12.0. The van der Waals surface area contributed by atoms with E-state index < -0.39 is 0 Å². The fraction of sp³-hybridized carbons (Fsp3) is 0.400. The molecule has 25 heavy (non-hydrogen) atoms. The average Bonchev–Trinajstić information content (AvgIpc) is 2.59. The minimum atomic E-state index is 0.517. The van der Waals surface area contributed by atoms with Gasteiger partial charge in [-0.05, 0) is 44.3 Å². The Morgan fingerprint density at radius 3 is 2.44 bits per heavy atom. The Morgan fingerprint density at radius 1 is 1.08 bits per heavy atom. The van der Waals surface area contributed by atoms with Crippen molar-refractivity contribution in [1.29, 1.82) is 0 Å². The molecule has 1 N–H and O–H groups in total. The van der Waals surface area contributed by atoms with Gasteiger partial charge in [0.15, 0.2) is 11.5 Å². The maximum Gasteiger partial charge on any atom is 0.162 e. The normalized spacial score (nSPS) is 11.0. The van der Waals surface area contributed by atoms with Crippen LogP contribution in [-0.2, 0) is 13.2 Å². The van der Waals surface area contributed by atoms with Gasteiger partial charge in [0.2, 0.25) is 0 Å². The zero-order chi connectivity index (χ0) is 18.2. The first-order valence-electron chi connectivity index (χ1n) is 8.40. The fourth-order valence-electron chi connectivity index (χ4n) is 2.36. The molecule has 0 atom stereocenters. The van der Waals surface area contributed by atoms with Gasteiger partial charge in [0.25, 0.3) is 0 Å². The molecule has 5 heteroatoms. The highest BCUT2D eigenvalue weighted by Crippen LogP contribution is 2.34. The maximum absolute atomic E-state index is 5.96. The van der Waals surface area contributed by atoms with Crippen LogP contribution in [0.2, 0.25) is 0 Å². The minimum absolute atomic E-state index is 0.517. The van der Waals surface area contributed by atoms with Crippen molar-refractivity contribution in [2.45, 2.75) is 20.1 Å². The van der Waals surface area contributed by atoms with Crippen molar-refractivity contribution in [3.05, 3.63) is 57.6 Å². The van der Waals surface area contributed by atoms with Crippen molar-refractivity contribution in [2.75, 3.05) is 34.3 Å². The molecule has 0 bridgehead atoms. The number of nitrogens with zero attached hydrogens (tertiary/aromatic N) is 1. The van der Waals surface area contributed by atoms with Crippen molar-refractivity contribution >= 4 is 15.9 Å². The number of benzene rings is 2. The lowest BCUT2D eigenvalue weighted by Gasteiger charge is -2.15. The number of ether oxygens (including phenoxy) is 2. The van der Waals surface area contributed by atoms with Crippen LogP contribution in [0.5, 0.6) is 11.5 Å². The summed E-state index contributed by atoms with van der Waals surface area (Å²) in [6.45, 7) is 5.32. The summed E-state index contributed by atoms with van der Waals surface area (Å²) in [6, 6.07) is 12.4. The van der Waals surface area contributed by atoms with Crippen molar-refractivity contribution < 1.29 is 9.47 Å². The molecule has 4 nitrogen and oxygen atoms in total. The highest BCUT2D eigenvalue weighted by atomic mass is 79.9. The SMILES string of the molecule is COc1cc(CNCCN(C)C)c(Br)cc1OCc1ccc(C)cc1. The van der Waals surface area contributed by atoms with Gasteiger partial charge >= 0.3 is 0 Å². The summed E-state index contributed by atoms with van der Waals surface area (Å²) in [7, 11) is 5.81. The molecule has 2 aromatic carbocycles. The highest BCUT2D eigenvalue weighted by Gasteiger charge is 2.10. The molecule has 0 aliphatic heterocycles. The molecule has 2 aromatic rings. The summed E-state index contributed by atoms with van der Waals surface area (Å²) in [5.74, 6) is 1.49. The lowest BCUT2D eigenvalue weighted by molar-refractivity contribution is 0.284. The highest BCUT2D eigenvalue weighted by molar-refractivity contribution is 9.10. The molecule has 136 valence electrons. The number of halogens is 1. The quantitative estimate of drug-likeness (QED) is 0.638. The van der Waals surface area contributed by atoms with Crippen LogP contribution in [-0.4, -0.2) is 39.2 Å². The van der Waals surface area contributed by atoms with Gasteiger partial charge in [-0.25, -0.2) is 0 Å². The monoisotopic (exact) mass is 406 g/mol. The van der Waals surface area contributed by atoms with Crippen LogP contribution in [0.25, 0.3) is 0 Å². The van der Waals surface area contributed by atoms with Crippen LogP contribution in [0.1, 0.15) is 16.7 Å². The smallest absolute Gasteiger partial charge is 0.162 e.